The Bertz CT molecular complexity index is 721. The van der Waals surface area contributed by atoms with Gasteiger partial charge in [0.1, 0.15) is 11.3 Å². The maximum absolute atomic E-state index is 13.2. The number of alkyl halides is 3. The van der Waals surface area contributed by atoms with Gasteiger partial charge in [0.25, 0.3) is 0 Å². The van der Waals surface area contributed by atoms with E-state index in [-0.39, 0.29) is 5.95 Å². The van der Waals surface area contributed by atoms with Crippen LogP contribution in [0.2, 0.25) is 0 Å². The maximum Gasteiger partial charge on any atom is 0.423 e. The second kappa shape index (κ2) is 7.58. The van der Waals surface area contributed by atoms with Crippen LogP contribution in [0.25, 0.3) is 0 Å². The minimum absolute atomic E-state index is 0.107. The summed E-state index contributed by atoms with van der Waals surface area (Å²) in [6.07, 6.45) is -4.30. The quantitative estimate of drug-likeness (QED) is 0.766. The number of rotatable bonds is 6. The Morgan fingerprint density at radius 3 is 2.44 bits per heavy atom. The fourth-order valence-corrected chi connectivity index (χ4v) is 2.27. The van der Waals surface area contributed by atoms with E-state index in [1.807, 2.05) is 6.92 Å². The van der Waals surface area contributed by atoms with Gasteiger partial charge in [0, 0.05) is 12.7 Å². The first kappa shape index (κ1) is 18.8. The Balaban J connectivity index is 2.53. The molecule has 25 heavy (non-hydrogen) atoms. The van der Waals surface area contributed by atoms with E-state index in [1.54, 1.807) is 43.0 Å². The zero-order valence-corrected chi connectivity index (χ0v) is 14.5. The highest BCUT2D eigenvalue weighted by Crippen LogP contribution is 2.37. The van der Waals surface area contributed by atoms with Crippen LogP contribution in [0, 0.1) is 0 Å². The molecule has 0 aliphatic heterocycles. The highest BCUT2D eigenvalue weighted by atomic mass is 19.4. The average Bonchev–Trinajstić information content (AvgIpc) is 2.54. The summed E-state index contributed by atoms with van der Waals surface area (Å²) in [7, 11) is 1.52. The summed E-state index contributed by atoms with van der Waals surface area (Å²) in [6.45, 7) is 5.56. The summed E-state index contributed by atoms with van der Waals surface area (Å²) in [5.74, 6) is 0.190. The number of anilines is 2. The van der Waals surface area contributed by atoms with Crippen LogP contribution in [0.4, 0.5) is 24.8 Å². The number of methoxy groups -OCH3 is 1. The Hall–Kier alpha value is -2.51. The summed E-state index contributed by atoms with van der Waals surface area (Å²) in [6, 6.07) is 7.15. The van der Waals surface area contributed by atoms with Crippen LogP contribution >= 0.6 is 0 Å². The largest absolute Gasteiger partial charge is 0.495 e. The maximum atomic E-state index is 13.2. The summed E-state index contributed by atoms with van der Waals surface area (Å²) < 4.78 is 50.1. The van der Waals surface area contributed by atoms with Crippen molar-refractivity contribution in [1.82, 2.24) is 9.97 Å². The predicted molar refractivity (Wildman–Crippen MR) is 88.5 cm³/mol. The lowest BCUT2D eigenvalue weighted by Gasteiger charge is -2.24. The van der Waals surface area contributed by atoms with E-state index >= 15 is 0 Å². The van der Waals surface area contributed by atoms with Crippen molar-refractivity contribution in [3.8, 4) is 11.6 Å². The van der Waals surface area contributed by atoms with E-state index in [1.165, 1.54) is 7.11 Å². The smallest absolute Gasteiger partial charge is 0.423 e. The van der Waals surface area contributed by atoms with Gasteiger partial charge in [-0.15, -0.1) is 0 Å². The lowest BCUT2D eigenvalue weighted by atomic mass is 10.2. The molecule has 2 aromatic rings. The third-order valence-electron chi connectivity index (χ3n) is 3.33. The minimum Gasteiger partial charge on any atom is -0.495 e. The second-order valence-corrected chi connectivity index (χ2v) is 5.47. The van der Waals surface area contributed by atoms with Crippen molar-refractivity contribution in [1.29, 1.82) is 0 Å². The van der Waals surface area contributed by atoms with Crippen molar-refractivity contribution < 1.29 is 22.6 Å². The normalized spacial score (nSPS) is 11.5. The summed E-state index contributed by atoms with van der Waals surface area (Å²) in [5, 5.41) is 0. The summed E-state index contributed by atoms with van der Waals surface area (Å²) in [4.78, 5) is 9.57. The van der Waals surface area contributed by atoms with Gasteiger partial charge in [0.2, 0.25) is 11.8 Å². The van der Waals surface area contributed by atoms with Crippen molar-refractivity contribution in [3.63, 3.8) is 0 Å². The molecule has 0 unspecified atom stereocenters. The molecule has 8 heteroatoms. The zero-order chi connectivity index (χ0) is 18.6. The summed E-state index contributed by atoms with van der Waals surface area (Å²) in [5.41, 5.74) is -0.344. The van der Waals surface area contributed by atoms with Gasteiger partial charge in [-0.3, -0.25) is 0 Å². The Morgan fingerprint density at radius 2 is 1.88 bits per heavy atom. The molecule has 0 aliphatic rings. The third-order valence-corrected chi connectivity index (χ3v) is 3.33. The molecule has 2 rings (SSSR count). The molecular formula is C17H20F3N3O2. The van der Waals surface area contributed by atoms with Crippen molar-refractivity contribution in [2.24, 2.45) is 0 Å². The van der Waals surface area contributed by atoms with E-state index in [9.17, 15) is 13.2 Å². The fraction of sp³-hybridized carbons (Fsp3) is 0.412. The zero-order valence-electron chi connectivity index (χ0n) is 14.5. The van der Waals surface area contributed by atoms with E-state index in [0.717, 1.165) is 6.20 Å². The number of para-hydroxylation sites is 2. The molecule has 0 atom stereocenters. The van der Waals surface area contributed by atoms with Gasteiger partial charge in [0.15, 0.2) is 0 Å². The Labute approximate surface area is 144 Å². The lowest BCUT2D eigenvalue weighted by Crippen LogP contribution is -2.22. The first-order valence-corrected chi connectivity index (χ1v) is 7.79. The van der Waals surface area contributed by atoms with Crippen LogP contribution in [0.3, 0.4) is 0 Å². The SMILES string of the molecule is CCN(c1ncc(C(F)(F)F)c(OC(C)C)n1)c1ccccc1OC. The molecule has 0 spiro atoms. The molecule has 0 aliphatic carbocycles. The number of nitrogens with zero attached hydrogens (tertiary/aromatic N) is 3. The van der Waals surface area contributed by atoms with Crippen molar-refractivity contribution in [3.05, 3.63) is 36.0 Å². The molecule has 0 radical (unpaired) electrons. The van der Waals surface area contributed by atoms with Crippen LogP contribution < -0.4 is 14.4 Å². The van der Waals surface area contributed by atoms with Crippen LogP contribution in [-0.2, 0) is 6.18 Å². The molecule has 0 saturated heterocycles. The predicted octanol–water partition coefficient (Wildman–Crippen LogP) is 4.45. The fourth-order valence-electron chi connectivity index (χ4n) is 2.27. The molecular weight excluding hydrogens is 335 g/mol. The van der Waals surface area contributed by atoms with E-state index in [0.29, 0.717) is 18.0 Å². The number of aromatic nitrogens is 2. The molecule has 0 amide bonds. The number of hydrogen-bond acceptors (Lipinski definition) is 5. The van der Waals surface area contributed by atoms with Crippen molar-refractivity contribution in [2.75, 3.05) is 18.6 Å². The average molecular weight is 355 g/mol. The Kier molecular flexibility index (Phi) is 5.71. The molecule has 0 saturated carbocycles. The molecule has 5 nitrogen and oxygen atoms in total. The van der Waals surface area contributed by atoms with Gasteiger partial charge >= 0.3 is 6.18 Å². The summed E-state index contributed by atoms with van der Waals surface area (Å²) >= 11 is 0. The van der Waals surface area contributed by atoms with Crippen LogP contribution in [0.1, 0.15) is 26.3 Å². The van der Waals surface area contributed by atoms with Crippen LogP contribution in [-0.4, -0.2) is 29.7 Å². The molecule has 136 valence electrons. The van der Waals surface area contributed by atoms with Gasteiger partial charge in [0.05, 0.1) is 18.9 Å². The topological polar surface area (TPSA) is 47.5 Å². The van der Waals surface area contributed by atoms with Crippen LogP contribution in [0.5, 0.6) is 11.6 Å². The van der Waals surface area contributed by atoms with Crippen molar-refractivity contribution in [2.45, 2.75) is 33.1 Å². The first-order valence-electron chi connectivity index (χ1n) is 7.79. The molecule has 1 aromatic carbocycles. The van der Waals surface area contributed by atoms with Gasteiger partial charge < -0.3 is 14.4 Å². The monoisotopic (exact) mass is 355 g/mol. The van der Waals surface area contributed by atoms with E-state index in [4.69, 9.17) is 9.47 Å². The number of hydrogen-bond donors (Lipinski definition) is 0. The molecule has 0 bridgehead atoms. The standard InChI is InChI=1S/C17H20F3N3O2/c1-5-23(13-8-6-7-9-14(13)24-4)16-21-10-12(17(18,19)20)15(22-16)25-11(2)3/h6-11H,5H2,1-4H3. The highest BCUT2D eigenvalue weighted by molar-refractivity contribution is 5.65. The van der Waals surface area contributed by atoms with Gasteiger partial charge in [-0.25, -0.2) is 4.98 Å². The number of ether oxygens (including phenoxy) is 2. The Morgan fingerprint density at radius 1 is 1.20 bits per heavy atom. The van der Waals surface area contributed by atoms with Crippen molar-refractivity contribution >= 4 is 11.6 Å². The third kappa shape index (κ3) is 4.32. The number of benzene rings is 1. The minimum atomic E-state index is -4.59. The molecule has 1 heterocycles. The van der Waals surface area contributed by atoms with Gasteiger partial charge in [-0.2, -0.15) is 18.2 Å². The molecule has 1 aromatic heterocycles. The van der Waals surface area contributed by atoms with Crippen LogP contribution in [0.15, 0.2) is 30.5 Å². The molecule has 0 N–H and O–H groups in total. The van der Waals surface area contributed by atoms with Gasteiger partial charge in [-0.1, -0.05) is 12.1 Å². The lowest BCUT2D eigenvalue weighted by molar-refractivity contribution is -0.139. The first-order chi connectivity index (χ1) is 11.8. The highest BCUT2D eigenvalue weighted by Gasteiger charge is 2.37. The van der Waals surface area contributed by atoms with Gasteiger partial charge in [-0.05, 0) is 32.9 Å². The van der Waals surface area contributed by atoms with E-state index in [2.05, 4.69) is 9.97 Å². The second-order valence-electron chi connectivity index (χ2n) is 5.47. The van der Waals surface area contributed by atoms with E-state index < -0.39 is 23.7 Å². The number of halogens is 3. The molecule has 0 fully saturated rings.